The Morgan fingerprint density at radius 1 is 1.26 bits per heavy atom. The first-order chi connectivity index (χ1) is 9.21. The Labute approximate surface area is 112 Å². The molecule has 1 rings (SSSR count). The van der Waals surface area contributed by atoms with Gasteiger partial charge in [0.15, 0.2) is 5.82 Å². The normalized spacial score (nSPS) is 10.7. The number of aryl methyl sites for hydroxylation is 2. The number of rotatable bonds is 9. The smallest absolute Gasteiger partial charge is 0.227 e. The molecule has 7 heteroatoms. The van der Waals surface area contributed by atoms with Gasteiger partial charge in [-0.25, -0.2) is 0 Å². The molecule has 1 aromatic rings. The van der Waals surface area contributed by atoms with Gasteiger partial charge in [0.2, 0.25) is 11.8 Å². The van der Waals surface area contributed by atoms with Crippen LogP contribution in [0.2, 0.25) is 0 Å². The highest BCUT2D eigenvalue weighted by Crippen LogP contribution is 2.05. The summed E-state index contributed by atoms with van der Waals surface area (Å²) in [6.45, 7) is 2.25. The van der Waals surface area contributed by atoms with E-state index in [1.165, 1.54) is 4.90 Å². The Morgan fingerprint density at radius 3 is 2.53 bits per heavy atom. The quantitative estimate of drug-likeness (QED) is 0.643. The van der Waals surface area contributed by atoms with Crippen LogP contribution in [-0.2, 0) is 17.6 Å². The van der Waals surface area contributed by atoms with Gasteiger partial charge in [0, 0.05) is 32.4 Å². The van der Waals surface area contributed by atoms with Crippen molar-refractivity contribution in [2.45, 2.75) is 32.6 Å². The molecule has 0 bridgehead atoms. The summed E-state index contributed by atoms with van der Waals surface area (Å²) in [6.07, 6.45) is 2.31. The number of aliphatic hydroxyl groups is 2. The van der Waals surface area contributed by atoms with Gasteiger partial charge in [0.25, 0.3) is 0 Å². The fourth-order valence-electron chi connectivity index (χ4n) is 1.69. The van der Waals surface area contributed by atoms with E-state index in [0.717, 1.165) is 12.8 Å². The van der Waals surface area contributed by atoms with Crippen LogP contribution in [0.3, 0.4) is 0 Å². The van der Waals surface area contributed by atoms with Crippen molar-refractivity contribution in [1.82, 2.24) is 15.0 Å². The first-order valence-electron chi connectivity index (χ1n) is 6.52. The predicted octanol–water partition coefficient (Wildman–Crippen LogP) is -0.232. The third kappa shape index (κ3) is 5.35. The monoisotopic (exact) mass is 271 g/mol. The molecule has 19 heavy (non-hydrogen) atoms. The van der Waals surface area contributed by atoms with Crippen molar-refractivity contribution in [2.75, 3.05) is 26.3 Å². The molecule has 0 unspecified atom stereocenters. The predicted molar refractivity (Wildman–Crippen MR) is 67.4 cm³/mol. The number of carbonyl (C=O) groups excluding carboxylic acids is 1. The second kappa shape index (κ2) is 8.60. The molecule has 0 saturated heterocycles. The van der Waals surface area contributed by atoms with Gasteiger partial charge in [-0.1, -0.05) is 12.1 Å². The summed E-state index contributed by atoms with van der Waals surface area (Å²) < 4.78 is 5.04. The van der Waals surface area contributed by atoms with Crippen LogP contribution in [-0.4, -0.2) is 57.5 Å². The highest BCUT2D eigenvalue weighted by Gasteiger charge is 2.14. The number of hydrogen-bond acceptors (Lipinski definition) is 6. The van der Waals surface area contributed by atoms with Crippen LogP contribution in [0.4, 0.5) is 0 Å². The minimum absolute atomic E-state index is 0.118. The zero-order chi connectivity index (χ0) is 14.1. The molecule has 0 spiro atoms. The summed E-state index contributed by atoms with van der Waals surface area (Å²) in [5, 5.41) is 21.5. The summed E-state index contributed by atoms with van der Waals surface area (Å²) in [4.78, 5) is 17.4. The summed E-state index contributed by atoms with van der Waals surface area (Å²) >= 11 is 0. The fraction of sp³-hybridized carbons (Fsp3) is 0.750. The zero-order valence-corrected chi connectivity index (χ0v) is 11.2. The highest BCUT2D eigenvalue weighted by molar-refractivity contribution is 5.76. The van der Waals surface area contributed by atoms with Crippen LogP contribution in [0, 0.1) is 0 Å². The molecule has 1 aromatic heterocycles. The lowest BCUT2D eigenvalue weighted by Crippen LogP contribution is -2.36. The largest absolute Gasteiger partial charge is 0.395 e. The second-order valence-corrected chi connectivity index (χ2v) is 4.18. The number of aromatic nitrogens is 2. The molecule has 1 amide bonds. The topological polar surface area (TPSA) is 99.7 Å². The van der Waals surface area contributed by atoms with E-state index in [0.29, 0.717) is 18.1 Å². The standard InChI is InChI=1S/C12H21N3O4/c1-2-3-10-13-11(19-14-10)4-5-12(18)15(6-8-16)7-9-17/h16-17H,2-9H2,1H3. The molecule has 7 nitrogen and oxygen atoms in total. The molecule has 0 saturated carbocycles. The molecule has 0 aromatic carbocycles. The minimum Gasteiger partial charge on any atom is -0.395 e. The van der Waals surface area contributed by atoms with E-state index in [1.807, 2.05) is 6.92 Å². The lowest BCUT2D eigenvalue weighted by atomic mass is 10.2. The Bertz CT molecular complexity index is 375. The van der Waals surface area contributed by atoms with Crippen molar-refractivity contribution < 1.29 is 19.5 Å². The maximum Gasteiger partial charge on any atom is 0.227 e. The van der Waals surface area contributed by atoms with Crippen LogP contribution in [0.25, 0.3) is 0 Å². The number of carbonyl (C=O) groups is 1. The van der Waals surface area contributed by atoms with Gasteiger partial charge in [-0.2, -0.15) is 4.98 Å². The van der Waals surface area contributed by atoms with Crippen molar-refractivity contribution in [3.8, 4) is 0 Å². The number of nitrogens with zero attached hydrogens (tertiary/aromatic N) is 3. The van der Waals surface area contributed by atoms with Gasteiger partial charge in [-0.3, -0.25) is 4.79 Å². The van der Waals surface area contributed by atoms with Gasteiger partial charge in [-0.05, 0) is 6.42 Å². The summed E-state index contributed by atoms with van der Waals surface area (Å²) in [5.41, 5.74) is 0. The third-order valence-electron chi connectivity index (χ3n) is 2.63. The molecule has 0 aliphatic rings. The molecule has 1 heterocycles. The van der Waals surface area contributed by atoms with Crippen LogP contribution < -0.4 is 0 Å². The lowest BCUT2D eigenvalue weighted by molar-refractivity contribution is -0.132. The van der Waals surface area contributed by atoms with Crippen molar-refractivity contribution in [2.24, 2.45) is 0 Å². The van der Waals surface area contributed by atoms with Gasteiger partial charge in [-0.15, -0.1) is 0 Å². The van der Waals surface area contributed by atoms with E-state index in [2.05, 4.69) is 10.1 Å². The SMILES string of the molecule is CCCc1noc(CCC(=O)N(CCO)CCO)n1. The number of aliphatic hydroxyl groups excluding tert-OH is 2. The van der Waals surface area contributed by atoms with Gasteiger partial charge >= 0.3 is 0 Å². The number of hydrogen-bond donors (Lipinski definition) is 2. The Kier molecular flexibility index (Phi) is 7.06. The average Bonchev–Trinajstić information content (AvgIpc) is 2.84. The summed E-state index contributed by atoms with van der Waals surface area (Å²) in [5.74, 6) is 0.968. The summed E-state index contributed by atoms with van der Waals surface area (Å²) in [6, 6.07) is 0. The second-order valence-electron chi connectivity index (χ2n) is 4.18. The molecule has 108 valence electrons. The molecule has 0 atom stereocenters. The van der Waals surface area contributed by atoms with Crippen LogP contribution >= 0.6 is 0 Å². The molecule has 0 radical (unpaired) electrons. The Balaban J connectivity index is 2.42. The molecular formula is C12H21N3O4. The van der Waals surface area contributed by atoms with Crippen molar-refractivity contribution >= 4 is 5.91 Å². The van der Waals surface area contributed by atoms with Crippen molar-refractivity contribution in [3.63, 3.8) is 0 Å². The molecule has 2 N–H and O–H groups in total. The van der Waals surface area contributed by atoms with E-state index in [9.17, 15) is 4.79 Å². The third-order valence-corrected chi connectivity index (χ3v) is 2.63. The number of amides is 1. The molecule has 0 fully saturated rings. The maximum atomic E-state index is 11.8. The molecular weight excluding hydrogens is 250 g/mol. The zero-order valence-electron chi connectivity index (χ0n) is 11.2. The summed E-state index contributed by atoms with van der Waals surface area (Å²) in [7, 11) is 0. The van der Waals surface area contributed by atoms with Crippen LogP contribution in [0.15, 0.2) is 4.52 Å². The van der Waals surface area contributed by atoms with Crippen LogP contribution in [0.5, 0.6) is 0 Å². The van der Waals surface area contributed by atoms with Crippen molar-refractivity contribution in [3.05, 3.63) is 11.7 Å². The minimum atomic E-state index is -0.140. The molecule has 0 aliphatic carbocycles. The van der Waals surface area contributed by atoms with E-state index in [1.54, 1.807) is 0 Å². The van der Waals surface area contributed by atoms with Gasteiger partial charge in [0.1, 0.15) is 0 Å². The molecule has 0 aliphatic heterocycles. The van der Waals surface area contributed by atoms with Gasteiger partial charge < -0.3 is 19.6 Å². The maximum absolute atomic E-state index is 11.8. The first kappa shape index (κ1) is 15.6. The fourth-order valence-corrected chi connectivity index (χ4v) is 1.69. The van der Waals surface area contributed by atoms with Crippen LogP contribution in [0.1, 0.15) is 31.5 Å². The van der Waals surface area contributed by atoms with E-state index >= 15 is 0 Å². The highest BCUT2D eigenvalue weighted by atomic mass is 16.5. The Hall–Kier alpha value is -1.47. The van der Waals surface area contributed by atoms with Crippen molar-refractivity contribution in [1.29, 1.82) is 0 Å². The Morgan fingerprint density at radius 2 is 1.95 bits per heavy atom. The first-order valence-corrected chi connectivity index (χ1v) is 6.52. The lowest BCUT2D eigenvalue weighted by Gasteiger charge is -2.20. The van der Waals surface area contributed by atoms with Gasteiger partial charge in [0.05, 0.1) is 13.2 Å². The van der Waals surface area contributed by atoms with E-state index < -0.39 is 0 Å². The average molecular weight is 271 g/mol. The van der Waals surface area contributed by atoms with E-state index in [4.69, 9.17) is 14.7 Å². The van der Waals surface area contributed by atoms with E-state index in [-0.39, 0.29) is 38.6 Å².